The molecule has 2 heterocycles. The Balaban J connectivity index is 1.43. The molecule has 134 valence electrons. The molecule has 0 aliphatic rings. The number of hydrogen-bond donors (Lipinski definition) is 3. The molecule has 0 aliphatic carbocycles. The quantitative estimate of drug-likeness (QED) is 0.508. The Kier molecular flexibility index (Phi) is 4.40. The number of anilines is 1. The number of benzene rings is 2. The number of fused-ring (bicyclic) bond motifs is 1. The predicted octanol–water partition coefficient (Wildman–Crippen LogP) is 3.34. The van der Waals surface area contributed by atoms with Crippen molar-refractivity contribution in [2.45, 2.75) is 6.54 Å². The minimum absolute atomic E-state index is 0.199. The van der Waals surface area contributed by atoms with Gasteiger partial charge in [-0.2, -0.15) is 5.10 Å². The van der Waals surface area contributed by atoms with E-state index in [1.165, 1.54) is 6.26 Å². The Morgan fingerprint density at radius 3 is 2.78 bits per heavy atom. The van der Waals surface area contributed by atoms with Crippen LogP contribution in [0.5, 0.6) is 0 Å². The second kappa shape index (κ2) is 7.17. The van der Waals surface area contributed by atoms with Gasteiger partial charge in [-0.3, -0.25) is 14.7 Å². The number of carbonyl (C=O) groups excluding carboxylic acids is 2. The number of amides is 2. The predicted molar refractivity (Wildman–Crippen MR) is 100 cm³/mol. The van der Waals surface area contributed by atoms with Gasteiger partial charge in [-0.05, 0) is 35.9 Å². The summed E-state index contributed by atoms with van der Waals surface area (Å²) in [6.45, 7) is 0.327. The smallest absolute Gasteiger partial charge is 0.291 e. The van der Waals surface area contributed by atoms with Crippen molar-refractivity contribution in [1.29, 1.82) is 0 Å². The molecule has 0 spiro atoms. The second-order valence-electron chi connectivity index (χ2n) is 5.95. The van der Waals surface area contributed by atoms with Crippen LogP contribution in [0.15, 0.2) is 71.5 Å². The van der Waals surface area contributed by atoms with Crippen LogP contribution in [0.1, 0.15) is 26.5 Å². The zero-order valence-electron chi connectivity index (χ0n) is 14.2. The summed E-state index contributed by atoms with van der Waals surface area (Å²) >= 11 is 0. The van der Waals surface area contributed by atoms with Crippen LogP contribution >= 0.6 is 0 Å². The van der Waals surface area contributed by atoms with Crippen molar-refractivity contribution in [3.63, 3.8) is 0 Å². The molecule has 4 aromatic rings. The van der Waals surface area contributed by atoms with Crippen molar-refractivity contribution in [3.8, 4) is 0 Å². The van der Waals surface area contributed by atoms with Crippen LogP contribution in [0.2, 0.25) is 0 Å². The van der Waals surface area contributed by atoms with Crippen LogP contribution in [-0.2, 0) is 6.54 Å². The third-order valence-corrected chi connectivity index (χ3v) is 4.10. The highest BCUT2D eigenvalue weighted by Gasteiger charge is 2.12. The largest absolute Gasteiger partial charge is 0.459 e. The summed E-state index contributed by atoms with van der Waals surface area (Å²) in [7, 11) is 0. The number of hydrogen-bond acceptors (Lipinski definition) is 4. The van der Waals surface area contributed by atoms with Gasteiger partial charge in [-0.15, -0.1) is 0 Å². The van der Waals surface area contributed by atoms with Gasteiger partial charge in [0.1, 0.15) is 0 Å². The number of nitrogens with zero attached hydrogens (tertiary/aromatic N) is 1. The van der Waals surface area contributed by atoms with Gasteiger partial charge in [0, 0.05) is 17.6 Å². The van der Waals surface area contributed by atoms with E-state index in [-0.39, 0.29) is 17.6 Å². The van der Waals surface area contributed by atoms with Crippen molar-refractivity contribution in [2.24, 2.45) is 0 Å². The maximum Gasteiger partial charge on any atom is 0.291 e. The van der Waals surface area contributed by atoms with E-state index in [2.05, 4.69) is 20.8 Å². The molecule has 27 heavy (non-hydrogen) atoms. The maximum atomic E-state index is 12.5. The molecular weight excluding hydrogens is 344 g/mol. The highest BCUT2D eigenvalue weighted by Crippen LogP contribution is 2.16. The molecule has 0 bridgehead atoms. The van der Waals surface area contributed by atoms with Gasteiger partial charge in [-0.1, -0.05) is 24.3 Å². The third-order valence-electron chi connectivity index (χ3n) is 4.10. The van der Waals surface area contributed by atoms with Crippen LogP contribution in [0, 0.1) is 0 Å². The van der Waals surface area contributed by atoms with E-state index in [9.17, 15) is 9.59 Å². The van der Waals surface area contributed by atoms with E-state index in [0.29, 0.717) is 23.3 Å². The number of para-hydroxylation sites is 1. The van der Waals surface area contributed by atoms with Gasteiger partial charge in [0.25, 0.3) is 11.8 Å². The monoisotopic (exact) mass is 360 g/mol. The molecule has 7 heteroatoms. The Morgan fingerprint density at radius 1 is 1.04 bits per heavy atom. The summed E-state index contributed by atoms with van der Waals surface area (Å²) in [4.78, 5) is 24.6. The van der Waals surface area contributed by atoms with Crippen LogP contribution in [0.4, 0.5) is 5.69 Å². The first kappa shape index (κ1) is 16.6. The SMILES string of the molecule is O=C(Nc1cccc(CNC(=O)c2cccc3cn[nH]c23)c1)c1ccco1. The van der Waals surface area contributed by atoms with Gasteiger partial charge in [0.05, 0.1) is 23.5 Å². The van der Waals surface area contributed by atoms with Gasteiger partial charge in [-0.25, -0.2) is 0 Å². The summed E-state index contributed by atoms with van der Waals surface area (Å²) in [5, 5.41) is 13.3. The third kappa shape index (κ3) is 3.57. The summed E-state index contributed by atoms with van der Waals surface area (Å²) in [5.41, 5.74) is 2.72. The lowest BCUT2D eigenvalue weighted by Gasteiger charge is -2.09. The van der Waals surface area contributed by atoms with Crippen molar-refractivity contribution < 1.29 is 14.0 Å². The van der Waals surface area contributed by atoms with Gasteiger partial charge >= 0.3 is 0 Å². The van der Waals surface area contributed by atoms with Crippen LogP contribution in [-0.4, -0.2) is 22.0 Å². The Labute approximate surface area is 154 Å². The molecule has 0 aliphatic heterocycles. The highest BCUT2D eigenvalue weighted by atomic mass is 16.3. The highest BCUT2D eigenvalue weighted by molar-refractivity contribution is 6.05. The zero-order valence-corrected chi connectivity index (χ0v) is 14.2. The van der Waals surface area contributed by atoms with Crippen molar-refractivity contribution >= 4 is 28.4 Å². The van der Waals surface area contributed by atoms with Gasteiger partial charge in [0.2, 0.25) is 0 Å². The molecule has 2 amide bonds. The molecule has 0 atom stereocenters. The fourth-order valence-electron chi connectivity index (χ4n) is 2.80. The first-order chi connectivity index (χ1) is 13.2. The average molecular weight is 360 g/mol. The van der Waals surface area contributed by atoms with Crippen molar-refractivity contribution in [2.75, 3.05) is 5.32 Å². The van der Waals surface area contributed by atoms with Gasteiger partial charge in [0.15, 0.2) is 5.76 Å². The minimum Gasteiger partial charge on any atom is -0.459 e. The minimum atomic E-state index is -0.327. The maximum absolute atomic E-state index is 12.5. The Hall–Kier alpha value is -3.87. The molecule has 4 rings (SSSR count). The molecule has 0 saturated heterocycles. The summed E-state index contributed by atoms with van der Waals surface area (Å²) in [6, 6.07) is 16.0. The van der Waals surface area contributed by atoms with Crippen molar-refractivity contribution in [1.82, 2.24) is 15.5 Å². The molecule has 0 unspecified atom stereocenters. The number of furan rings is 1. The molecule has 3 N–H and O–H groups in total. The molecule has 0 fully saturated rings. The van der Waals surface area contributed by atoms with E-state index in [4.69, 9.17) is 4.42 Å². The van der Waals surface area contributed by atoms with E-state index >= 15 is 0 Å². The Morgan fingerprint density at radius 2 is 1.93 bits per heavy atom. The Bertz CT molecular complexity index is 1100. The molecule has 0 radical (unpaired) electrons. The second-order valence-corrected chi connectivity index (χ2v) is 5.95. The summed E-state index contributed by atoms with van der Waals surface area (Å²) < 4.78 is 5.08. The molecule has 2 aromatic carbocycles. The van der Waals surface area contributed by atoms with Crippen LogP contribution < -0.4 is 10.6 Å². The number of aromatic nitrogens is 2. The molecule has 0 saturated carbocycles. The van der Waals surface area contributed by atoms with E-state index < -0.39 is 0 Å². The zero-order chi connectivity index (χ0) is 18.6. The number of rotatable bonds is 5. The van der Waals surface area contributed by atoms with Crippen LogP contribution in [0.3, 0.4) is 0 Å². The van der Waals surface area contributed by atoms with E-state index in [1.807, 2.05) is 24.3 Å². The standard InChI is InChI=1S/C20H16N4O3/c25-19(16-7-2-5-14-12-22-24-18(14)16)21-11-13-4-1-6-15(10-13)23-20(26)17-8-3-9-27-17/h1-10,12H,11H2,(H,21,25)(H,22,24)(H,23,26). The number of nitrogens with one attached hydrogen (secondary N) is 3. The number of aromatic amines is 1. The van der Waals surface area contributed by atoms with E-state index in [1.54, 1.807) is 36.5 Å². The van der Waals surface area contributed by atoms with E-state index in [0.717, 1.165) is 10.9 Å². The number of carbonyl (C=O) groups is 2. The van der Waals surface area contributed by atoms with Crippen LogP contribution in [0.25, 0.3) is 10.9 Å². The lowest BCUT2D eigenvalue weighted by molar-refractivity contribution is 0.0951. The molecule has 7 nitrogen and oxygen atoms in total. The fraction of sp³-hybridized carbons (Fsp3) is 0.0500. The molecule has 2 aromatic heterocycles. The average Bonchev–Trinajstić information content (AvgIpc) is 3.37. The lowest BCUT2D eigenvalue weighted by Crippen LogP contribution is -2.23. The van der Waals surface area contributed by atoms with Gasteiger partial charge < -0.3 is 15.1 Å². The summed E-state index contributed by atoms with van der Waals surface area (Å²) in [6.07, 6.45) is 3.12. The molecular formula is C20H16N4O3. The first-order valence-electron chi connectivity index (χ1n) is 8.35. The normalized spacial score (nSPS) is 10.7. The first-order valence-corrected chi connectivity index (χ1v) is 8.35. The number of H-pyrrole nitrogens is 1. The summed E-state index contributed by atoms with van der Waals surface area (Å²) in [5.74, 6) is -0.289. The fourth-order valence-corrected chi connectivity index (χ4v) is 2.80. The van der Waals surface area contributed by atoms with Crippen molar-refractivity contribution in [3.05, 3.63) is 83.9 Å². The topological polar surface area (TPSA) is 100 Å². The lowest BCUT2D eigenvalue weighted by atomic mass is 10.1.